The van der Waals surface area contributed by atoms with Gasteiger partial charge >= 0.3 is 6.09 Å². The Hall–Kier alpha value is -4.22. The quantitative estimate of drug-likeness (QED) is 0.350. The number of morpholine rings is 1. The summed E-state index contributed by atoms with van der Waals surface area (Å²) in [6.45, 7) is 9.55. The van der Waals surface area contributed by atoms with Crippen molar-refractivity contribution in [2.75, 3.05) is 45.2 Å². The lowest BCUT2D eigenvalue weighted by atomic mass is 10.2. The topological polar surface area (TPSA) is 114 Å². The van der Waals surface area contributed by atoms with Gasteiger partial charge in [0.1, 0.15) is 24.8 Å². The standard InChI is InChI=1S/C12H11N3S.C11H20N2O4.C6H6.CH2O/c1-13-11-8-15-7-10(16-12(15)14-11)9-5-3-2-4-6-9;1-11(2,3)17-10(15)12-8-9(14)13-4-6-16-7-5-13;1-2-4-6-5-3-1;1-2/h2-8,13H,1H3;4-8H2,1-3H3,(H,12,15);1-6H;1H2. The molecule has 1 saturated heterocycles. The number of amides is 2. The summed E-state index contributed by atoms with van der Waals surface area (Å²) in [5.74, 6) is 0.796. The Bertz CT molecular complexity index is 1240. The summed E-state index contributed by atoms with van der Waals surface area (Å²) in [7, 11) is 1.88. The number of rotatable bonds is 4. The first-order valence-electron chi connectivity index (χ1n) is 13.1. The van der Waals surface area contributed by atoms with Crippen LogP contribution >= 0.6 is 11.3 Å². The van der Waals surface area contributed by atoms with E-state index in [-0.39, 0.29) is 12.5 Å². The van der Waals surface area contributed by atoms with Crippen molar-refractivity contribution in [2.45, 2.75) is 26.4 Å². The highest BCUT2D eigenvalue weighted by atomic mass is 32.1. The number of hydrogen-bond acceptors (Lipinski definition) is 8. The van der Waals surface area contributed by atoms with Crippen LogP contribution in [0.15, 0.2) is 79.1 Å². The van der Waals surface area contributed by atoms with Crippen LogP contribution in [0.25, 0.3) is 15.4 Å². The molecule has 0 atom stereocenters. The number of nitrogens with zero attached hydrogens (tertiary/aromatic N) is 3. The lowest BCUT2D eigenvalue weighted by Crippen LogP contribution is -2.46. The number of carbonyl (C=O) groups is 3. The number of ether oxygens (including phenoxy) is 2. The molecule has 3 heterocycles. The largest absolute Gasteiger partial charge is 0.444 e. The van der Waals surface area contributed by atoms with Crippen LogP contribution in [0.1, 0.15) is 20.8 Å². The summed E-state index contributed by atoms with van der Waals surface area (Å²) in [5.41, 5.74) is 0.690. The van der Waals surface area contributed by atoms with E-state index in [0.717, 1.165) is 10.8 Å². The van der Waals surface area contributed by atoms with E-state index in [9.17, 15) is 9.59 Å². The zero-order chi connectivity index (χ0) is 30.1. The molecule has 0 saturated carbocycles. The number of fused-ring (bicyclic) bond motifs is 1. The molecule has 2 aromatic heterocycles. The van der Waals surface area contributed by atoms with Gasteiger partial charge in [-0.05, 0) is 26.3 Å². The van der Waals surface area contributed by atoms with E-state index in [1.54, 1.807) is 37.0 Å². The van der Waals surface area contributed by atoms with E-state index in [4.69, 9.17) is 14.3 Å². The van der Waals surface area contributed by atoms with Gasteiger partial charge in [-0.25, -0.2) is 9.78 Å². The third-order valence-electron chi connectivity index (χ3n) is 5.28. The van der Waals surface area contributed by atoms with Gasteiger partial charge in [-0.15, -0.1) is 0 Å². The van der Waals surface area contributed by atoms with Crippen LogP contribution in [-0.4, -0.2) is 78.6 Å². The molecule has 0 unspecified atom stereocenters. The number of aromatic nitrogens is 2. The average molecular weight is 582 g/mol. The fraction of sp³-hybridized carbons (Fsp3) is 0.333. The average Bonchev–Trinajstić information content (AvgIpc) is 3.58. The second-order valence-electron chi connectivity index (χ2n) is 9.53. The van der Waals surface area contributed by atoms with Crippen LogP contribution in [0.4, 0.5) is 10.6 Å². The molecule has 1 aliphatic rings. The molecule has 4 aromatic rings. The van der Waals surface area contributed by atoms with E-state index in [2.05, 4.69) is 50.5 Å². The van der Waals surface area contributed by atoms with Gasteiger partial charge in [0.05, 0.1) is 24.3 Å². The summed E-state index contributed by atoms with van der Waals surface area (Å²) in [4.78, 5) is 39.4. The Labute approximate surface area is 245 Å². The van der Waals surface area contributed by atoms with Gasteiger partial charge in [-0.3, -0.25) is 9.20 Å². The smallest absolute Gasteiger partial charge is 0.408 e. The number of carbonyl (C=O) groups excluding carboxylic acids is 3. The number of anilines is 1. The van der Waals surface area contributed by atoms with Crippen LogP contribution < -0.4 is 10.6 Å². The van der Waals surface area contributed by atoms with Crippen molar-refractivity contribution in [3.05, 3.63) is 79.1 Å². The molecule has 1 fully saturated rings. The maximum atomic E-state index is 11.7. The summed E-state index contributed by atoms with van der Waals surface area (Å²) < 4.78 is 12.2. The predicted molar refractivity (Wildman–Crippen MR) is 163 cm³/mol. The zero-order valence-electron chi connectivity index (χ0n) is 24.0. The molecule has 0 aliphatic carbocycles. The van der Waals surface area contributed by atoms with Crippen molar-refractivity contribution in [3.63, 3.8) is 0 Å². The van der Waals surface area contributed by atoms with Gasteiger partial charge in [0, 0.05) is 26.3 Å². The highest BCUT2D eigenvalue weighted by Crippen LogP contribution is 2.28. The van der Waals surface area contributed by atoms with Crippen LogP contribution in [-0.2, 0) is 19.1 Å². The third kappa shape index (κ3) is 12.2. The number of alkyl carbamates (subject to hydrolysis) is 1. The Morgan fingerprint density at radius 2 is 1.54 bits per heavy atom. The molecule has 0 spiro atoms. The fourth-order valence-corrected chi connectivity index (χ4v) is 4.40. The molecule has 41 heavy (non-hydrogen) atoms. The summed E-state index contributed by atoms with van der Waals surface area (Å²) in [6.07, 6.45) is 3.54. The van der Waals surface area contributed by atoms with Crippen LogP contribution in [0.5, 0.6) is 0 Å². The lowest BCUT2D eigenvalue weighted by Gasteiger charge is -2.27. The van der Waals surface area contributed by atoms with Crippen molar-refractivity contribution >= 4 is 40.9 Å². The highest BCUT2D eigenvalue weighted by molar-refractivity contribution is 7.20. The molecule has 1 aliphatic heterocycles. The molecule has 10 nitrogen and oxygen atoms in total. The zero-order valence-corrected chi connectivity index (χ0v) is 24.9. The van der Waals surface area contributed by atoms with Gasteiger partial charge in [-0.2, -0.15) is 0 Å². The molecule has 2 N–H and O–H groups in total. The molecule has 2 amide bonds. The molecular weight excluding hydrogens is 542 g/mol. The van der Waals surface area contributed by atoms with Crippen LogP contribution in [0, 0.1) is 0 Å². The summed E-state index contributed by atoms with van der Waals surface area (Å²) in [5, 5.41) is 5.48. The summed E-state index contributed by atoms with van der Waals surface area (Å²) >= 11 is 1.70. The Balaban J connectivity index is 0.000000228. The number of thiazole rings is 1. The van der Waals surface area contributed by atoms with Gasteiger partial charge in [0.15, 0.2) is 4.96 Å². The number of hydrogen-bond donors (Lipinski definition) is 2. The van der Waals surface area contributed by atoms with Crippen molar-refractivity contribution < 1.29 is 23.9 Å². The van der Waals surface area contributed by atoms with E-state index >= 15 is 0 Å². The highest BCUT2D eigenvalue weighted by Gasteiger charge is 2.20. The van der Waals surface area contributed by atoms with E-state index in [1.165, 1.54) is 10.4 Å². The number of imidazole rings is 1. The van der Waals surface area contributed by atoms with E-state index in [0.29, 0.717) is 26.3 Å². The van der Waals surface area contributed by atoms with E-state index < -0.39 is 11.7 Å². The first-order chi connectivity index (χ1) is 19.7. The first kappa shape index (κ1) is 33.0. The molecule has 5 rings (SSSR count). The normalized spacial score (nSPS) is 12.3. The predicted octanol–water partition coefficient (Wildman–Crippen LogP) is 4.98. The second kappa shape index (κ2) is 17.5. The molecular formula is C30H39N5O5S. The van der Waals surface area contributed by atoms with Gasteiger partial charge in [0.2, 0.25) is 5.91 Å². The lowest BCUT2D eigenvalue weighted by molar-refractivity contribution is -0.134. The maximum Gasteiger partial charge on any atom is 0.408 e. The minimum Gasteiger partial charge on any atom is -0.444 e. The molecule has 0 radical (unpaired) electrons. The van der Waals surface area contributed by atoms with Gasteiger partial charge < -0.3 is 29.8 Å². The molecule has 11 heteroatoms. The Morgan fingerprint density at radius 3 is 2.05 bits per heavy atom. The van der Waals surface area contributed by atoms with Crippen molar-refractivity contribution in [1.82, 2.24) is 19.6 Å². The van der Waals surface area contributed by atoms with Crippen molar-refractivity contribution in [1.29, 1.82) is 0 Å². The number of benzene rings is 2. The Kier molecular flexibility index (Phi) is 14.1. The van der Waals surface area contributed by atoms with Gasteiger partial charge in [-0.1, -0.05) is 78.1 Å². The Morgan fingerprint density at radius 1 is 0.976 bits per heavy atom. The second-order valence-corrected chi connectivity index (χ2v) is 10.5. The van der Waals surface area contributed by atoms with Crippen molar-refractivity contribution in [2.24, 2.45) is 0 Å². The van der Waals surface area contributed by atoms with Crippen molar-refractivity contribution in [3.8, 4) is 10.4 Å². The molecule has 220 valence electrons. The first-order valence-corrected chi connectivity index (χ1v) is 13.9. The van der Waals surface area contributed by atoms with E-state index in [1.807, 2.05) is 62.5 Å². The molecule has 0 bridgehead atoms. The SMILES string of the molecule is C=O.CC(C)(C)OC(=O)NCC(=O)N1CCOCC1.CNc1cn2cc(-c3ccccc3)sc2n1.c1ccccc1. The van der Waals surface area contributed by atoms with Gasteiger partial charge in [0.25, 0.3) is 0 Å². The monoisotopic (exact) mass is 581 g/mol. The molecule has 2 aromatic carbocycles. The maximum absolute atomic E-state index is 11.7. The van der Waals surface area contributed by atoms with Crippen LogP contribution in [0.2, 0.25) is 0 Å². The van der Waals surface area contributed by atoms with Crippen LogP contribution in [0.3, 0.4) is 0 Å². The minimum atomic E-state index is -0.570. The minimum absolute atomic E-state index is 0.0328. The number of nitrogens with one attached hydrogen (secondary N) is 2. The summed E-state index contributed by atoms with van der Waals surface area (Å²) in [6, 6.07) is 22.4. The third-order valence-corrected chi connectivity index (χ3v) is 6.33. The fourth-order valence-electron chi connectivity index (χ4n) is 3.42.